The van der Waals surface area contributed by atoms with Crippen LogP contribution < -0.4 is 9.64 Å². The zero-order valence-corrected chi connectivity index (χ0v) is 21.5. The smallest absolute Gasteiger partial charge is 0.300 e. The van der Waals surface area contributed by atoms with E-state index in [4.69, 9.17) is 4.74 Å². The normalized spacial score (nSPS) is 16.6. The fourth-order valence-electron chi connectivity index (χ4n) is 4.78. The minimum Gasteiger partial charge on any atom is -0.507 e. The summed E-state index contributed by atoms with van der Waals surface area (Å²) in [5, 5.41) is 11.5. The molecule has 0 bridgehead atoms. The second-order valence-corrected chi connectivity index (χ2v) is 9.43. The van der Waals surface area contributed by atoms with E-state index in [0.29, 0.717) is 29.2 Å². The van der Waals surface area contributed by atoms with Crippen LogP contribution in [0.15, 0.2) is 96.8 Å². The Bertz CT molecular complexity index is 1540. The van der Waals surface area contributed by atoms with Crippen molar-refractivity contribution >= 4 is 23.1 Å². The quantitative estimate of drug-likeness (QED) is 0.192. The highest BCUT2D eigenvalue weighted by molar-refractivity contribution is 6.51. The molecular formula is C32H28N2O4. The minimum atomic E-state index is -0.821. The summed E-state index contributed by atoms with van der Waals surface area (Å²) in [5.74, 6) is -0.985. The van der Waals surface area contributed by atoms with E-state index in [1.807, 2.05) is 69.3 Å². The van der Waals surface area contributed by atoms with Gasteiger partial charge in [0.25, 0.3) is 11.7 Å². The molecule has 1 amide bonds. The van der Waals surface area contributed by atoms with Crippen molar-refractivity contribution in [1.82, 2.24) is 4.98 Å². The highest BCUT2D eigenvalue weighted by atomic mass is 16.5. The molecule has 5 rings (SSSR count). The van der Waals surface area contributed by atoms with Gasteiger partial charge in [-0.1, -0.05) is 48.5 Å². The summed E-state index contributed by atoms with van der Waals surface area (Å²) in [6.07, 6.45) is 3.25. The van der Waals surface area contributed by atoms with Crippen molar-refractivity contribution in [2.24, 2.45) is 0 Å². The first-order valence-electron chi connectivity index (χ1n) is 12.4. The van der Waals surface area contributed by atoms with E-state index in [-0.39, 0.29) is 11.3 Å². The maximum atomic E-state index is 13.4. The van der Waals surface area contributed by atoms with Crippen molar-refractivity contribution in [2.75, 3.05) is 4.90 Å². The molecule has 3 aromatic carbocycles. The highest BCUT2D eigenvalue weighted by Gasteiger charge is 2.47. The number of hydrogen-bond acceptors (Lipinski definition) is 5. The molecule has 1 aromatic heterocycles. The van der Waals surface area contributed by atoms with Crippen molar-refractivity contribution < 1.29 is 19.4 Å². The van der Waals surface area contributed by atoms with Gasteiger partial charge in [-0.25, -0.2) is 0 Å². The van der Waals surface area contributed by atoms with Gasteiger partial charge in [0, 0.05) is 23.6 Å². The van der Waals surface area contributed by atoms with E-state index in [9.17, 15) is 14.7 Å². The van der Waals surface area contributed by atoms with Gasteiger partial charge in [-0.2, -0.15) is 0 Å². The second kappa shape index (κ2) is 10.3. The summed E-state index contributed by atoms with van der Waals surface area (Å²) < 4.78 is 5.98. The van der Waals surface area contributed by atoms with Gasteiger partial charge >= 0.3 is 0 Å². The lowest BCUT2D eigenvalue weighted by Crippen LogP contribution is -2.30. The molecule has 0 saturated carbocycles. The molecule has 6 heteroatoms. The highest BCUT2D eigenvalue weighted by Crippen LogP contribution is 2.43. The number of Topliss-reactive ketones (excluding diaryl/α,β-unsaturated/α-hetero) is 1. The maximum Gasteiger partial charge on any atom is 0.300 e. The number of rotatable bonds is 6. The van der Waals surface area contributed by atoms with Crippen molar-refractivity contribution in [1.29, 1.82) is 0 Å². The molecule has 0 spiro atoms. The predicted molar refractivity (Wildman–Crippen MR) is 147 cm³/mol. The average molecular weight is 505 g/mol. The molecule has 1 atom stereocenters. The zero-order chi connectivity index (χ0) is 26.8. The van der Waals surface area contributed by atoms with Gasteiger partial charge in [-0.05, 0) is 78.9 Å². The van der Waals surface area contributed by atoms with Crippen LogP contribution >= 0.6 is 0 Å². The molecule has 1 aliphatic heterocycles. The lowest BCUT2D eigenvalue weighted by Gasteiger charge is -2.27. The van der Waals surface area contributed by atoms with Crippen molar-refractivity contribution in [3.63, 3.8) is 0 Å². The molecule has 1 unspecified atom stereocenters. The molecule has 2 heterocycles. The van der Waals surface area contributed by atoms with Crippen LogP contribution in [0.3, 0.4) is 0 Å². The molecule has 0 radical (unpaired) electrons. The summed E-state index contributed by atoms with van der Waals surface area (Å²) >= 11 is 0. The summed E-state index contributed by atoms with van der Waals surface area (Å²) in [5.41, 5.74) is 5.45. The number of aryl methyl sites for hydroxylation is 2. The predicted octanol–water partition coefficient (Wildman–Crippen LogP) is 6.21. The number of hydrogen-bond donors (Lipinski definition) is 1. The first-order valence-corrected chi connectivity index (χ1v) is 12.4. The third-order valence-corrected chi connectivity index (χ3v) is 6.97. The zero-order valence-electron chi connectivity index (χ0n) is 21.5. The van der Waals surface area contributed by atoms with Crippen molar-refractivity contribution in [3.05, 3.63) is 130 Å². The van der Waals surface area contributed by atoms with Crippen LogP contribution in [0.4, 0.5) is 5.69 Å². The van der Waals surface area contributed by atoms with E-state index in [0.717, 1.165) is 22.3 Å². The molecule has 38 heavy (non-hydrogen) atoms. The number of benzene rings is 3. The van der Waals surface area contributed by atoms with E-state index in [2.05, 4.69) is 4.98 Å². The van der Waals surface area contributed by atoms with Gasteiger partial charge in [-0.3, -0.25) is 19.5 Å². The molecule has 1 saturated heterocycles. The number of ether oxygens (including phenoxy) is 1. The summed E-state index contributed by atoms with van der Waals surface area (Å²) in [6, 6.07) is 23.5. The second-order valence-electron chi connectivity index (χ2n) is 9.43. The lowest BCUT2D eigenvalue weighted by atomic mass is 9.95. The number of aromatic nitrogens is 1. The number of nitrogens with zero attached hydrogens (tertiary/aromatic N) is 2. The van der Waals surface area contributed by atoms with Gasteiger partial charge in [0.05, 0.1) is 11.6 Å². The van der Waals surface area contributed by atoms with E-state index >= 15 is 0 Å². The molecule has 4 aromatic rings. The van der Waals surface area contributed by atoms with Gasteiger partial charge in [0.15, 0.2) is 0 Å². The number of carbonyl (C=O) groups excluding carboxylic acids is 2. The largest absolute Gasteiger partial charge is 0.507 e. The average Bonchev–Trinajstić information content (AvgIpc) is 3.20. The topological polar surface area (TPSA) is 79.7 Å². The molecule has 190 valence electrons. The Kier molecular flexibility index (Phi) is 6.79. The number of ketones is 1. The monoisotopic (exact) mass is 504 g/mol. The summed E-state index contributed by atoms with van der Waals surface area (Å²) in [6.45, 7) is 6.17. The number of aliphatic hydroxyl groups excluding tert-OH is 1. The Balaban J connectivity index is 1.57. The van der Waals surface area contributed by atoms with Crippen LogP contribution in [0.25, 0.3) is 5.76 Å². The third-order valence-electron chi connectivity index (χ3n) is 6.97. The van der Waals surface area contributed by atoms with E-state index in [1.165, 1.54) is 4.90 Å². The SMILES string of the molecule is Cc1cc(/C(O)=C2\C(=O)C(=O)N(c3cccc(C)c3C)C2c2cccnc2)ccc1OCc1ccccc1. The number of amides is 1. The van der Waals surface area contributed by atoms with Crippen LogP contribution in [0.5, 0.6) is 5.75 Å². The van der Waals surface area contributed by atoms with Crippen LogP contribution in [-0.4, -0.2) is 21.8 Å². The number of aliphatic hydroxyl groups is 1. The first kappa shape index (κ1) is 25.0. The van der Waals surface area contributed by atoms with E-state index < -0.39 is 17.7 Å². The first-order chi connectivity index (χ1) is 18.4. The maximum absolute atomic E-state index is 13.4. The van der Waals surface area contributed by atoms with Gasteiger partial charge in [-0.15, -0.1) is 0 Å². The summed E-state index contributed by atoms with van der Waals surface area (Å²) in [4.78, 5) is 32.6. The van der Waals surface area contributed by atoms with Crippen LogP contribution in [0, 0.1) is 20.8 Å². The molecule has 1 N–H and O–H groups in total. The number of anilines is 1. The summed E-state index contributed by atoms with van der Waals surface area (Å²) in [7, 11) is 0. The minimum absolute atomic E-state index is 0.0289. The molecule has 1 fully saturated rings. The molecule has 0 aliphatic carbocycles. The number of pyridine rings is 1. The number of carbonyl (C=O) groups is 2. The standard InChI is InChI=1S/C32H28N2O4/c1-20-9-7-13-26(22(20)3)34-29(25-12-8-16-33-18-25)28(31(36)32(34)37)30(35)24-14-15-27(21(2)17-24)38-19-23-10-5-4-6-11-23/h4-18,29,35H,19H2,1-3H3/b30-28+. The Morgan fingerprint density at radius 2 is 1.71 bits per heavy atom. The van der Waals surface area contributed by atoms with Gasteiger partial charge in [0.2, 0.25) is 0 Å². The van der Waals surface area contributed by atoms with Crippen molar-refractivity contribution in [2.45, 2.75) is 33.4 Å². The van der Waals surface area contributed by atoms with Crippen LogP contribution in [0.2, 0.25) is 0 Å². The van der Waals surface area contributed by atoms with Gasteiger partial charge < -0.3 is 9.84 Å². The Morgan fingerprint density at radius 3 is 2.42 bits per heavy atom. The molecular weight excluding hydrogens is 476 g/mol. The lowest BCUT2D eigenvalue weighted by molar-refractivity contribution is -0.132. The molecule has 1 aliphatic rings. The fraction of sp³-hybridized carbons (Fsp3) is 0.156. The Labute approximate surface area is 221 Å². The third kappa shape index (κ3) is 4.57. The van der Waals surface area contributed by atoms with Crippen LogP contribution in [0.1, 0.15) is 39.4 Å². The van der Waals surface area contributed by atoms with Crippen molar-refractivity contribution in [3.8, 4) is 5.75 Å². The Hall–Kier alpha value is -4.71. The molecule has 6 nitrogen and oxygen atoms in total. The van der Waals surface area contributed by atoms with E-state index in [1.54, 1.807) is 42.7 Å². The van der Waals surface area contributed by atoms with Gasteiger partial charge in [0.1, 0.15) is 18.1 Å². The van der Waals surface area contributed by atoms with Crippen LogP contribution in [-0.2, 0) is 16.2 Å². The Morgan fingerprint density at radius 1 is 0.921 bits per heavy atom. The fourth-order valence-corrected chi connectivity index (χ4v) is 4.78.